The van der Waals surface area contributed by atoms with E-state index in [-0.39, 0.29) is 31.3 Å². The van der Waals surface area contributed by atoms with Gasteiger partial charge in [-0.15, -0.1) is 0 Å². The van der Waals surface area contributed by atoms with Crippen molar-refractivity contribution in [3.05, 3.63) is 59.1 Å². The molecular weight excluding hydrogens is 423 g/mol. The molecule has 1 fully saturated rings. The van der Waals surface area contributed by atoms with Crippen LogP contribution in [0.2, 0.25) is 5.02 Å². The largest absolute Gasteiger partial charge is 0.493 e. The highest BCUT2D eigenvalue weighted by Crippen LogP contribution is 2.31. The van der Waals surface area contributed by atoms with E-state index in [2.05, 4.69) is 0 Å². The zero-order chi connectivity index (χ0) is 21.6. The van der Waals surface area contributed by atoms with E-state index in [1.807, 2.05) is 0 Å². The van der Waals surface area contributed by atoms with E-state index in [9.17, 15) is 18.0 Å². The summed E-state index contributed by atoms with van der Waals surface area (Å²) in [7, 11) is 0. The molecule has 2 aromatic rings. The number of benzene rings is 2. The van der Waals surface area contributed by atoms with Gasteiger partial charge in [0.15, 0.2) is 0 Å². The Kier molecular flexibility index (Phi) is 7.44. The summed E-state index contributed by atoms with van der Waals surface area (Å²) in [5, 5.41) is 0.602. The number of carbonyl (C=O) groups excluding carboxylic acids is 1. The number of alkyl halides is 3. The molecule has 1 saturated heterocycles. The van der Waals surface area contributed by atoms with Crippen LogP contribution in [0.3, 0.4) is 0 Å². The van der Waals surface area contributed by atoms with Crippen molar-refractivity contribution in [2.45, 2.75) is 18.7 Å². The van der Waals surface area contributed by atoms with Gasteiger partial charge in [0.2, 0.25) is 5.91 Å². The van der Waals surface area contributed by atoms with Gasteiger partial charge in [0, 0.05) is 11.6 Å². The Morgan fingerprint density at radius 3 is 2.63 bits per heavy atom. The van der Waals surface area contributed by atoms with Gasteiger partial charge in [-0.1, -0.05) is 17.7 Å². The highest BCUT2D eigenvalue weighted by Gasteiger charge is 2.31. The summed E-state index contributed by atoms with van der Waals surface area (Å²) in [6, 6.07) is 11.5. The lowest BCUT2D eigenvalue weighted by Gasteiger charge is -2.33. The average molecular weight is 444 g/mol. The van der Waals surface area contributed by atoms with Crippen LogP contribution in [0, 0.1) is 0 Å². The molecule has 5 nitrogen and oxygen atoms in total. The van der Waals surface area contributed by atoms with Crippen molar-refractivity contribution >= 4 is 17.5 Å². The lowest BCUT2D eigenvalue weighted by atomic mass is 10.2. The second-order valence-electron chi connectivity index (χ2n) is 6.72. The van der Waals surface area contributed by atoms with E-state index in [1.54, 1.807) is 29.2 Å². The highest BCUT2D eigenvalue weighted by molar-refractivity contribution is 6.30. The first-order chi connectivity index (χ1) is 14.3. The van der Waals surface area contributed by atoms with Crippen LogP contribution >= 0.6 is 11.6 Å². The first kappa shape index (κ1) is 22.2. The van der Waals surface area contributed by atoms with Crippen LogP contribution in [-0.4, -0.2) is 49.8 Å². The van der Waals surface area contributed by atoms with Crippen molar-refractivity contribution < 1.29 is 32.2 Å². The molecule has 1 aliphatic heterocycles. The molecule has 1 amide bonds. The van der Waals surface area contributed by atoms with Crippen LogP contribution in [0.5, 0.6) is 11.5 Å². The smallest absolute Gasteiger partial charge is 0.416 e. The summed E-state index contributed by atoms with van der Waals surface area (Å²) in [6.07, 6.45) is -4.66. The van der Waals surface area contributed by atoms with Crippen LogP contribution in [0.4, 0.5) is 13.2 Å². The molecule has 0 spiro atoms. The molecule has 2 aromatic carbocycles. The lowest BCUT2D eigenvalue weighted by Crippen LogP contribution is -2.47. The third kappa shape index (κ3) is 6.53. The van der Waals surface area contributed by atoms with Gasteiger partial charge in [-0.3, -0.25) is 4.79 Å². The molecule has 30 heavy (non-hydrogen) atoms. The molecule has 1 aliphatic rings. The van der Waals surface area contributed by atoms with Crippen LogP contribution in [0.1, 0.15) is 12.0 Å². The van der Waals surface area contributed by atoms with E-state index in [4.69, 9.17) is 25.8 Å². The van der Waals surface area contributed by atoms with E-state index in [0.717, 1.165) is 12.1 Å². The van der Waals surface area contributed by atoms with E-state index in [1.165, 1.54) is 12.1 Å². The maximum Gasteiger partial charge on any atom is 0.416 e. The molecule has 162 valence electrons. The number of hydrogen-bond donors (Lipinski definition) is 0. The highest BCUT2D eigenvalue weighted by atomic mass is 35.5. The minimum absolute atomic E-state index is 0.0480. The molecule has 0 saturated carbocycles. The fourth-order valence-corrected chi connectivity index (χ4v) is 3.07. The second kappa shape index (κ2) is 10.0. The topological polar surface area (TPSA) is 48.0 Å². The van der Waals surface area contributed by atoms with E-state index < -0.39 is 17.8 Å². The quantitative estimate of drug-likeness (QED) is 0.635. The summed E-state index contributed by atoms with van der Waals surface area (Å²) in [5.41, 5.74) is -0.776. The van der Waals surface area contributed by atoms with Gasteiger partial charge in [-0.2, -0.15) is 13.2 Å². The predicted molar refractivity (Wildman–Crippen MR) is 105 cm³/mol. The van der Waals surface area contributed by atoms with Crippen molar-refractivity contribution in [1.29, 1.82) is 0 Å². The zero-order valence-electron chi connectivity index (χ0n) is 16.0. The molecule has 3 rings (SSSR count). The van der Waals surface area contributed by atoms with E-state index in [0.29, 0.717) is 30.5 Å². The summed E-state index contributed by atoms with van der Waals surface area (Å²) in [6.45, 7) is 1.36. The Morgan fingerprint density at radius 1 is 1.13 bits per heavy atom. The first-order valence-electron chi connectivity index (χ1n) is 9.39. The van der Waals surface area contributed by atoms with Crippen molar-refractivity contribution in [3.8, 4) is 11.5 Å². The van der Waals surface area contributed by atoms with Gasteiger partial charge in [0.25, 0.3) is 0 Å². The maximum absolute atomic E-state index is 12.8. The van der Waals surface area contributed by atoms with Gasteiger partial charge in [-0.05, 0) is 42.5 Å². The minimum atomic E-state index is -4.43. The summed E-state index contributed by atoms with van der Waals surface area (Å²) < 4.78 is 54.9. The molecule has 9 heteroatoms. The Labute approximate surface area is 177 Å². The zero-order valence-corrected chi connectivity index (χ0v) is 16.8. The normalized spacial score (nSPS) is 16.9. The Morgan fingerprint density at radius 2 is 1.90 bits per heavy atom. The monoisotopic (exact) mass is 443 g/mol. The fourth-order valence-electron chi connectivity index (χ4n) is 2.94. The summed E-state index contributed by atoms with van der Waals surface area (Å²) in [4.78, 5) is 14.1. The second-order valence-corrected chi connectivity index (χ2v) is 7.16. The number of morpholine rings is 1. The van der Waals surface area contributed by atoms with E-state index >= 15 is 0 Å². The number of hydrogen-bond acceptors (Lipinski definition) is 4. The molecule has 0 N–H and O–H groups in total. The Hall–Kier alpha value is -2.45. The summed E-state index contributed by atoms with van der Waals surface area (Å²) >= 11 is 5.82. The molecule has 0 bridgehead atoms. The number of ether oxygens (including phenoxy) is 3. The van der Waals surface area contributed by atoms with Crippen LogP contribution in [0.15, 0.2) is 48.5 Å². The fraction of sp³-hybridized carbons (Fsp3) is 0.381. The van der Waals surface area contributed by atoms with Gasteiger partial charge < -0.3 is 19.1 Å². The average Bonchev–Trinajstić information content (AvgIpc) is 2.73. The minimum Gasteiger partial charge on any atom is -0.493 e. The van der Waals surface area contributed by atoms with Crippen LogP contribution in [-0.2, 0) is 15.7 Å². The third-order valence-corrected chi connectivity index (χ3v) is 4.74. The standard InChI is InChI=1S/C21H21ClF3NO4/c22-16-4-6-17(7-5-16)28-10-8-20(27)26-9-11-29-19(13-26)14-30-18-3-1-2-15(12-18)21(23,24)25/h1-7,12,19H,8-11,13-14H2/t19-/m1/s1. The van der Waals surface area contributed by atoms with Crippen molar-refractivity contribution in [1.82, 2.24) is 4.90 Å². The Balaban J connectivity index is 1.44. The maximum atomic E-state index is 12.8. The summed E-state index contributed by atoms with van der Waals surface area (Å²) in [5.74, 6) is 0.645. The first-order valence-corrected chi connectivity index (χ1v) is 9.77. The van der Waals surface area contributed by atoms with Crippen molar-refractivity contribution in [2.75, 3.05) is 32.9 Å². The molecule has 0 aliphatic carbocycles. The van der Waals surface area contributed by atoms with Gasteiger partial charge in [-0.25, -0.2) is 0 Å². The molecule has 0 aromatic heterocycles. The van der Waals surface area contributed by atoms with Gasteiger partial charge in [0.05, 0.1) is 31.7 Å². The lowest BCUT2D eigenvalue weighted by molar-refractivity contribution is -0.140. The van der Waals surface area contributed by atoms with Crippen molar-refractivity contribution in [2.24, 2.45) is 0 Å². The van der Waals surface area contributed by atoms with Gasteiger partial charge >= 0.3 is 6.18 Å². The third-order valence-electron chi connectivity index (χ3n) is 4.49. The predicted octanol–water partition coefficient (Wildman–Crippen LogP) is 4.43. The number of halogens is 4. The molecule has 0 unspecified atom stereocenters. The van der Waals surface area contributed by atoms with Crippen LogP contribution in [0.25, 0.3) is 0 Å². The van der Waals surface area contributed by atoms with Crippen molar-refractivity contribution in [3.63, 3.8) is 0 Å². The number of carbonyl (C=O) groups is 1. The SMILES string of the molecule is O=C(CCOc1ccc(Cl)cc1)N1CCO[C@@H](COc2cccc(C(F)(F)F)c2)C1. The Bertz CT molecular complexity index is 845. The molecule has 0 radical (unpaired) electrons. The number of rotatable bonds is 7. The van der Waals surface area contributed by atoms with Crippen LogP contribution < -0.4 is 9.47 Å². The number of amides is 1. The molecule has 1 atom stereocenters. The molecule has 1 heterocycles. The van der Waals surface area contributed by atoms with Gasteiger partial charge in [0.1, 0.15) is 24.2 Å². The number of nitrogens with zero attached hydrogens (tertiary/aromatic N) is 1. The molecular formula is C21H21ClF3NO4.